The average Bonchev–Trinajstić information content (AvgIpc) is 2.31. The molecule has 86 valence electrons. The van der Waals surface area contributed by atoms with E-state index in [1.807, 2.05) is 0 Å². The Morgan fingerprint density at radius 1 is 1.31 bits per heavy atom. The quantitative estimate of drug-likeness (QED) is 0.722. The largest absolute Gasteiger partial charge is 0.314 e. The molecule has 1 heterocycles. The highest BCUT2D eigenvalue weighted by molar-refractivity contribution is 5.34. The van der Waals surface area contributed by atoms with Gasteiger partial charge in [0.15, 0.2) is 0 Å². The summed E-state index contributed by atoms with van der Waals surface area (Å²) in [6, 6.07) is 9.14. The Kier molecular flexibility index (Phi) is 2.49. The topological polar surface area (TPSA) is 23.5 Å². The number of aryl methyl sites for hydroxylation is 1. The first-order valence-corrected chi connectivity index (χ1v) is 6.29. The zero-order valence-electron chi connectivity index (χ0n) is 9.76. The zero-order chi connectivity index (χ0) is 11.1. The average molecular weight is 217 g/mol. The maximum Gasteiger partial charge on any atom is 0.0328 e. The van der Waals surface area contributed by atoms with E-state index in [-0.39, 0.29) is 0 Å². The van der Waals surface area contributed by atoms with Crippen molar-refractivity contribution >= 4 is 0 Å². The molecule has 0 radical (unpaired) electrons. The van der Waals surface area contributed by atoms with Crippen LogP contribution in [0, 0.1) is 5.92 Å². The highest BCUT2D eigenvalue weighted by Crippen LogP contribution is 2.42. The molecule has 1 N–H and O–H groups in total. The third kappa shape index (κ3) is 1.57. The molecule has 0 bridgehead atoms. The summed E-state index contributed by atoms with van der Waals surface area (Å²) in [7, 11) is 0. The van der Waals surface area contributed by atoms with E-state index in [4.69, 9.17) is 0 Å². The number of hydrogen-bond donors (Lipinski definition) is 1. The van der Waals surface area contributed by atoms with E-state index in [0.29, 0.717) is 17.9 Å². The Morgan fingerprint density at radius 2 is 2.12 bits per heavy atom. The molecule has 2 unspecified atom stereocenters. The lowest BCUT2D eigenvalue weighted by molar-refractivity contribution is -0.155. The van der Waals surface area contributed by atoms with Crippen molar-refractivity contribution in [3.63, 3.8) is 0 Å². The third-order valence-electron chi connectivity index (χ3n) is 4.33. The van der Waals surface area contributed by atoms with E-state index >= 15 is 0 Å². The molecule has 1 aliphatic carbocycles. The van der Waals surface area contributed by atoms with Crippen LogP contribution in [0.5, 0.6) is 0 Å². The molecule has 3 rings (SSSR count). The molecule has 0 saturated carbocycles. The number of hydrogen-bond acceptors (Lipinski definition) is 2. The molecule has 16 heavy (non-hydrogen) atoms. The highest BCUT2D eigenvalue weighted by atomic mass is 16.5. The molecule has 3 atom stereocenters. The third-order valence-corrected chi connectivity index (χ3v) is 4.33. The Bertz CT molecular complexity index is 390. The lowest BCUT2D eigenvalue weighted by atomic mass is 9.70. The maximum atomic E-state index is 9.80. The van der Waals surface area contributed by atoms with E-state index in [1.54, 1.807) is 5.56 Å². The van der Waals surface area contributed by atoms with Gasteiger partial charge in [-0.1, -0.05) is 24.3 Å². The number of fused-ring (bicyclic) bond motifs is 3. The van der Waals surface area contributed by atoms with Crippen molar-refractivity contribution in [1.82, 2.24) is 5.06 Å². The van der Waals surface area contributed by atoms with Gasteiger partial charge >= 0.3 is 0 Å². The normalized spacial score (nSPS) is 34.2. The van der Waals surface area contributed by atoms with E-state index in [9.17, 15) is 5.21 Å². The number of hydroxylamine groups is 2. The lowest BCUT2D eigenvalue weighted by Crippen LogP contribution is -2.44. The molecule has 0 aromatic heterocycles. The van der Waals surface area contributed by atoms with Crippen LogP contribution >= 0.6 is 0 Å². The lowest BCUT2D eigenvalue weighted by Gasteiger charge is -2.43. The van der Waals surface area contributed by atoms with Crippen molar-refractivity contribution in [2.45, 2.75) is 38.1 Å². The molecule has 2 aliphatic rings. The van der Waals surface area contributed by atoms with Gasteiger partial charge < -0.3 is 5.21 Å². The molecule has 0 spiro atoms. The van der Waals surface area contributed by atoms with Gasteiger partial charge in [-0.2, -0.15) is 5.06 Å². The first-order chi connectivity index (χ1) is 7.75. The minimum absolute atomic E-state index is 0.299. The van der Waals surface area contributed by atoms with Crippen molar-refractivity contribution in [3.05, 3.63) is 35.4 Å². The molecule has 0 amide bonds. The molecule has 1 aromatic rings. The Labute approximate surface area is 96.8 Å². The summed E-state index contributed by atoms with van der Waals surface area (Å²) in [5, 5.41) is 11.3. The molecule has 1 saturated heterocycles. The van der Waals surface area contributed by atoms with Crippen LogP contribution in [0.4, 0.5) is 0 Å². The Hall–Kier alpha value is -0.860. The molecule has 1 aromatic carbocycles. The number of nitrogens with zero attached hydrogens (tertiary/aromatic N) is 1. The number of piperidine rings is 1. The minimum Gasteiger partial charge on any atom is -0.314 e. The second-order valence-electron chi connectivity index (χ2n) is 5.31. The van der Waals surface area contributed by atoms with Crippen LogP contribution in [0.15, 0.2) is 24.3 Å². The van der Waals surface area contributed by atoms with Crippen molar-refractivity contribution in [2.75, 3.05) is 6.54 Å². The summed E-state index contributed by atoms with van der Waals surface area (Å²) >= 11 is 0. The van der Waals surface area contributed by atoms with Gasteiger partial charge in [0.1, 0.15) is 0 Å². The fourth-order valence-electron chi connectivity index (χ4n) is 3.37. The molecular formula is C14H19NO. The smallest absolute Gasteiger partial charge is 0.0328 e. The second kappa shape index (κ2) is 3.86. The van der Waals surface area contributed by atoms with Crippen LogP contribution in [-0.4, -0.2) is 22.9 Å². The van der Waals surface area contributed by atoms with Crippen LogP contribution in [-0.2, 0) is 6.42 Å². The molecule has 2 heteroatoms. The Morgan fingerprint density at radius 3 is 3.00 bits per heavy atom. The van der Waals surface area contributed by atoms with Gasteiger partial charge in [-0.15, -0.1) is 0 Å². The van der Waals surface area contributed by atoms with Crippen LogP contribution in [0.1, 0.15) is 36.8 Å². The van der Waals surface area contributed by atoms with E-state index in [1.165, 1.54) is 23.5 Å². The summed E-state index contributed by atoms with van der Waals surface area (Å²) in [5.74, 6) is 1.32. The summed E-state index contributed by atoms with van der Waals surface area (Å²) in [4.78, 5) is 0. The minimum atomic E-state index is 0.299. The maximum absolute atomic E-state index is 9.80. The molecule has 2 nitrogen and oxygen atoms in total. The number of benzene rings is 1. The Balaban J connectivity index is 1.94. The second-order valence-corrected chi connectivity index (χ2v) is 5.31. The highest BCUT2D eigenvalue weighted by Gasteiger charge is 2.36. The monoisotopic (exact) mass is 217 g/mol. The van der Waals surface area contributed by atoms with Crippen LogP contribution in [0.25, 0.3) is 0 Å². The predicted molar refractivity (Wildman–Crippen MR) is 63.6 cm³/mol. The van der Waals surface area contributed by atoms with Gasteiger partial charge in [-0.25, -0.2) is 0 Å². The van der Waals surface area contributed by atoms with Gasteiger partial charge in [0.25, 0.3) is 0 Å². The number of rotatable bonds is 0. The van der Waals surface area contributed by atoms with Gasteiger partial charge in [0.2, 0.25) is 0 Å². The van der Waals surface area contributed by atoms with Crippen LogP contribution < -0.4 is 0 Å². The first-order valence-electron chi connectivity index (χ1n) is 6.29. The van der Waals surface area contributed by atoms with Gasteiger partial charge in [-0.3, -0.25) is 0 Å². The summed E-state index contributed by atoms with van der Waals surface area (Å²) in [6.45, 7) is 2.97. The fourth-order valence-corrected chi connectivity index (χ4v) is 3.37. The van der Waals surface area contributed by atoms with Crippen molar-refractivity contribution in [1.29, 1.82) is 0 Å². The van der Waals surface area contributed by atoms with Gasteiger partial charge in [0, 0.05) is 12.6 Å². The zero-order valence-corrected chi connectivity index (χ0v) is 9.76. The predicted octanol–water partition coefficient (Wildman–Crippen LogP) is 2.82. The van der Waals surface area contributed by atoms with Gasteiger partial charge in [-0.05, 0) is 49.1 Å². The SMILES string of the molecule is C[C@@H]1CC2c3ccccc3CCC2CN1O. The summed E-state index contributed by atoms with van der Waals surface area (Å²) in [5.41, 5.74) is 3.07. The molecule has 1 fully saturated rings. The van der Waals surface area contributed by atoms with Crippen molar-refractivity contribution in [3.8, 4) is 0 Å². The standard InChI is InChI=1S/C14H19NO/c1-10-8-14-12(9-15(10)16)7-6-11-4-2-3-5-13(11)14/h2-5,10,12,14,16H,6-9H2,1H3/t10-,12?,14?/m1/s1. The van der Waals surface area contributed by atoms with Crippen molar-refractivity contribution in [2.24, 2.45) is 5.92 Å². The van der Waals surface area contributed by atoms with E-state index in [0.717, 1.165) is 13.0 Å². The van der Waals surface area contributed by atoms with Crippen LogP contribution in [0.3, 0.4) is 0 Å². The van der Waals surface area contributed by atoms with Crippen molar-refractivity contribution < 1.29 is 5.21 Å². The van der Waals surface area contributed by atoms with Crippen LogP contribution in [0.2, 0.25) is 0 Å². The summed E-state index contributed by atoms with van der Waals surface area (Å²) in [6.07, 6.45) is 3.50. The molecule has 1 aliphatic heterocycles. The fraction of sp³-hybridized carbons (Fsp3) is 0.571. The van der Waals surface area contributed by atoms with E-state index in [2.05, 4.69) is 31.2 Å². The van der Waals surface area contributed by atoms with E-state index < -0.39 is 0 Å². The van der Waals surface area contributed by atoms with Gasteiger partial charge in [0.05, 0.1) is 0 Å². The molecular weight excluding hydrogens is 198 g/mol. The summed E-state index contributed by atoms with van der Waals surface area (Å²) < 4.78 is 0. The first kappa shape index (κ1) is 10.3.